The van der Waals surface area contributed by atoms with Crippen LogP contribution in [0, 0.1) is 24.0 Å². The molecule has 0 aromatic heterocycles. The van der Waals surface area contributed by atoms with Crippen molar-refractivity contribution in [3.63, 3.8) is 0 Å². The van der Waals surface area contributed by atoms with Crippen molar-refractivity contribution in [3.05, 3.63) is 69.3 Å². The highest BCUT2D eigenvalue weighted by atomic mass is 32.2. The third-order valence-electron chi connectivity index (χ3n) is 4.01. The second kappa shape index (κ2) is 5.43. The highest BCUT2D eigenvalue weighted by Gasteiger charge is 2.46. The topological polar surface area (TPSA) is 80.3 Å². The summed E-state index contributed by atoms with van der Waals surface area (Å²) in [4.78, 5) is 10.2. The van der Waals surface area contributed by atoms with Crippen LogP contribution in [0.4, 0.5) is 5.69 Å². The lowest BCUT2D eigenvalue weighted by molar-refractivity contribution is -0.384. The Morgan fingerprint density at radius 3 is 2.39 bits per heavy atom. The van der Waals surface area contributed by atoms with Crippen molar-refractivity contribution in [2.75, 3.05) is 6.54 Å². The van der Waals surface area contributed by atoms with Crippen LogP contribution in [-0.4, -0.2) is 24.2 Å². The molecular formula is C16H16N2O4S. The molecule has 1 heterocycles. The molecule has 23 heavy (non-hydrogen) atoms. The summed E-state index contributed by atoms with van der Waals surface area (Å²) in [5.41, 5.74) is 3.03. The summed E-state index contributed by atoms with van der Waals surface area (Å²) in [5, 5.41) is 10.7. The van der Waals surface area contributed by atoms with E-state index in [0.717, 1.165) is 16.7 Å². The molecular weight excluding hydrogens is 316 g/mol. The molecule has 0 aliphatic carbocycles. The maximum atomic E-state index is 12.6. The molecule has 0 saturated carbocycles. The molecule has 1 saturated heterocycles. The Kier molecular flexibility index (Phi) is 3.69. The van der Waals surface area contributed by atoms with Crippen LogP contribution in [0.3, 0.4) is 0 Å². The number of hydrogen-bond donors (Lipinski definition) is 0. The number of nitrogens with zero attached hydrogens (tertiary/aromatic N) is 2. The van der Waals surface area contributed by atoms with Crippen molar-refractivity contribution in [1.29, 1.82) is 0 Å². The molecule has 2 aromatic carbocycles. The van der Waals surface area contributed by atoms with Gasteiger partial charge in [-0.3, -0.25) is 10.1 Å². The Balaban J connectivity index is 1.87. The maximum absolute atomic E-state index is 12.6. The molecule has 120 valence electrons. The normalized spacial score (nSPS) is 20.3. The quantitative estimate of drug-likeness (QED) is 0.490. The van der Waals surface area contributed by atoms with Gasteiger partial charge in [0.15, 0.2) is 0 Å². The van der Waals surface area contributed by atoms with Gasteiger partial charge >= 0.3 is 0 Å². The van der Waals surface area contributed by atoms with Crippen LogP contribution in [0.1, 0.15) is 22.7 Å². The summed E-state index contributed by atoms with van der Waals surface area (Å²) < 4.78 is 26.6. The van der Waals surface area contributed by atoms with Gasteiger partial charge in [-0.15, -0.1) is 0 Å². The molecule has 2 unspecified atom stereocenters. The summed E-state index contributed by atoms with van der Waals surface area (Å²) in [6.45, 7) is 4.37. The van der Waals surface area contributed by atoms with Crippen LogP contribution < -0.4 is 0 Å². The number of benzene rings is 2. The van der Waals surface area contributed by atoms with E-state index in [-0.39, 0.29) is 16.6 Å². The molecule has 6 nitrogen and oxygen atoms in total. The molecule has 0 bridgehead atoms. The molecule has 1 fully saturated rings. The van der Waals surface area contributed by atoms with Gasteiger partial charge < -0.3 is 0 Å². The average Bonchev–Trinajstić information content (AvgIpc) is 3.31. The van der Waals surface area contributed by atoms with E-state index in [2.05, 4.69) is 0 Å². The van der Waals surface area contributed by atoms with E-state index in [1.54, 1.807) is 0 Å². The first-order valence-electron chi connectivity index (χ1n) is 7.14. The van der Waals surface area contributed by atoms with Gasteiger partial charge in [0.05, 0.1) is 15.9 Å². The van der Waals surface area contributed by atoms with Crippen molar-refractivity contribution < 1.29 is 13.3 Å². The van der Waals surface area contributed by atoms with E-state index >= 15 is 0 Å². The summed E-state index contributed by atoms with van der Waals surface area (Å²) in [5.74, 6) is 0. The van der Waals surface area contributed by atoms with Crippen molar-refractivity contribution in [1.82, 2.24) is 4.31 Å². The van der Waals surface area contributed by atoms with Gasteiger partial charge in [-0.2, -0.15) is 4.31 Å². The van der Waals surface area contributed by atoms with E-state index in [1.165, 1.54) is 28.6 Å². The van der Waals surface area contributed by atoms with Gasteiger partial charge in [0.2, 0.25) is 10.0 Å². The largest absolute Gasteiger partial charge is 0.269 e. The third-order valence-corrected chi connectivity index (χ3v) is 5.90. The standard InChI is InChI=1S/C16H16N2O4S/c1-11-3-4-12(2)15(9-11)16-10-17(16)23(21,22)14-7-5-13(6-8-14)18(19)20/h3-9,16H,10H2,1-2H3. The summed E-state index contributed by atoms with van der Waals surface area (Å²) in [6.07, 6.45) is 0. The predicted octanol–water partition coefficient (Wildman–Crippen LogP) is 2.96. The molecule has 0 amide bonds. The highest BCUT2D eigenvalue weighted by molar-refractivity contribution is 7.89. The minimum atomic E-state index is -3.62. The van der Waals surface area contributed by atoms with E-state index in [9.17, 15) is 18.5 Å². The summed E-state index contributed by atoms with van der Waals surface area (Å²) in [6, 6.07) is 10.8. The second-order valence-electron chi connectivity index (χ2n) is 5.70. The number of sulfonamides is 1. The number of hydrogen-bond acceptors (Lipinski definition) is 4. The number of nitro groups is 1. The van der Waals surface area contributed by atoms with Crippen molar-refractivity contribution in [2.45, 2.75) is 24.8 Å². The Bertz CT molecular complexity index is 875. The predicted molar refractivity (Wildman–Crippen MR) is 85.6 cm³/mol. The van der Waals surface area contributed by atoms with Gasteiger partial charge in [-0.25, -0.2) is 8.42 Å². The highest BCUT2D eigenvalue weighted by Crippen LogP contribution is 2.41. The van der Waals surface area contributed by atoms with Crippen LogP contribution in [0.5, 0.6) is 0 Å². The number of non-ortho nitro benzene ring substituents is 1. The molecule has 0 N–H and O–H groups in total. The number of aryl methyl sites for hydroxylation is 2. The molecule has 0 spiro atoms. The van der Waals surface area contributed by atoms with Crippen LogP contribution in [0.2, 0.25) is 0 Å². The van der Waals surface area contributed by atoms with Crippen LogP contribution in [-0.2, 0) is 10.0 Å². The average molecular weight is 332 g/mol. The van der Waals surface area contributed by atoms with Gasteiger partial charge in [-0.1, -0.05) is 23.8 Å². The Morgan fingerprint density at radius 1 is 1.13 bits per heavy atom. The molecule has 2 atom stereocenters. The van der Waals surface area contributed by atoms with Crippen LogP contribution in [0.15, 0.2) is 47.4 Å². The van der Waals surface area contributed by atoms with Crippen LogP contribution >= 0.6 is 0 Å². The number of rotatable bonds is 4. The van der Waals surface area contributed by atoms with Gasteiger partial charge in [0.25, 0.3) is 5.69 Å². The van der Waals surface area contributed by atoms with E-state index in [0.29, 0.717) is 6.54 Å². The first kappa shape index (κ1) is 15.6. The van der Waals surface area contributed by atoms with Gasteiger partial charge in [-0.05, 0) is 37.1 Å². The lowest BCUT2D eigenvalue weighted by Crippen LogP contribution is -2.13. The smallest absolute Gasteiger partial charge is 0.258 e. The molecule has 1 aliphatic heterocycles. The Hall–Kier alpha value is -2.25. The van der Waals surface area contributed by atoms with Gasteiger partial charge in [0.1, 0.15) is 0 Å². The Labute approximate surface area is 134 Å². The lowest BCUT2D eigenvalue weighted by atomic mass is 10.0. The fraction of sp³-hybridized carbons (Fsp3) is 0.250. The fourth-order valence-corrected chi connectivity index (χ4v) is 4.17. The first-order valence-corrected chi connectivity index (χ1v) is 8.58. The SMILES string of the molecule is Cc1ccc(C)c(C2CN2S(=O)(=O)c2ccc([N+](=O)[O-])cc2)c1. The van der Waals surface area contributed by atoms with E-state index in [1.807, 2.05) is 32.0 Å². The summed E-state index contributed by atoms with van der Waals surface area (Å²) >= 11 is 0. The number of nitro benzene ring substituents is 1. The van der Waals surface area contributed by atoms with Crippen molar-refractivity contribution in [2.24, 2.45) is 0 Å². The Morgan fingerprint density at radius 2 is 1.78 bits per heavy atom. The maximum Gasteiger partial charge on any atom is 0.269 e. The third kappa shape index (κ3) is 2.85. The van der Waals surface area contributed by atoms with Gasteiger partial charge in [0, 0.05) is 18.7 Å². The van der Waals surface area contributed by atoms with Crippen molar-refractivity contribution >= 4 is 15.7 Å². The van der Waals surface area contributed by atoms with E-state index < -0.39 is 14.9 Å². The molecule has 1 aliphatic rings. The second-order valence-corrected chi connectivity index (χ2v) is 7.59. The molecule has 3 rings (SSSR count). The monoisotopic (exact) mass is 332 g/mol. The lowest BCUT2D eigenvalue weighted by Gasteiger charge is -2.09. The van der Waals surface area contributed by atoms with E-state index in [4.69, 9.17) is 0 Å². The summed E-state index contributed by atoms with van der Waals surface area (Å²) in [7, 11) is -3.62. The zero-order valence-corrected chi connectivity index (χ0v) is 13.6. The molecule has 0 radical (unpaired) electrons. The zero-order valence-electron chi connectivity index (χ0n) is 12.8. The fourth-order valence-electron chi connectivity index (χ4n) is 2.64. The van der Waals surface area contributed by atoms with Crippen molar-refractivity contribution in [3.8, 4) is 0 Å². The van der Waals surface area contributed by atoms with Crippen LogP contribution in [0.25, 0.3) is 0 Å². The molecule has 2 aromatic rings. The first-order chi connectivity index (χ1) is 10.8. The minimum Gasteiger partial charge on any atom is -0.258 e. The molecule has 7 heteroatoms. The zero-order chi connectivity index (χ0) is 16.8. The minimum absolute atomic E-state index is 0.0795.